The maximum absolute atomic E-state index is 13.1. The molecule has 1 aromatic heterocycles. The number of benzene rings is 1. The Kier molecular flexibility index (Phi) is 3.57. The molecule has 1 N–H and O–H groups in total. The molecule has 0 fully saturated rings. The van der Waals surface area contributed by atoms with E-state index in [9.17, 15) is 4.39 Å². The van der Waals surface area contributed by atoms with Crippen LogP contribution < -0.4 is 5.32 Å². The Morgan fingerprint density at radius 1 is 1.17 bits per heavy atom. The Morgan fingerprint density at radius 2 is 2.00 bits per heavy atom. The number of nitriles is 2. The van der Waals surface area contributed by atoms with E-state index in [0.29, 0.717) is 17.1 Å². The number of nitrogens with one attached hydrogen (secondary N) is 1. The van der Waals surface area contributed by atoms with Gasteiger partial charge in [-0.05, 0) is 30.3 Å². The quantitative estimate of drug-likeness (QED) is 0.918. The van der Waals surface area contributed by atoms with Crippen molar-refractivity contribution < 1.29 is 4.39 Å². The molecule has 0 unspecified atom stereocenters. The summed E-state index contributed by atoms with van der Waals surface area (Å²) in [6.45, 7) is 0.544. The lowest BCUT2D eigenvalue weighted by Gasteiger charge is -2.05. The monoisotopic (exact) mass is 257 g/mol. The molecule has 0 aliphatic carbocycles. The number of halogens is 1. The number of rotatable bonds is 3. The first-order valence-electron chi connectivity index (χ1n) is 5.15. The lowest BCUT2D eigenvalue weighted by molar-refractivity contribution is 0.624. The summed E-state index contributed by atoms with van der Waals surface area (Å²) in [5.41, 5.74) is 0.698. The van der Waals surface area contributed by atoms with Crippen molar-refractivity contribution in [3.63, 3.8) is 0 Å². The first-order valence-corrected chi connectivity index (χ1v) is 5.97. The van der Waals surface area contributed by atoms with Crippen molar-refractivity contribution in [3.8, 4) is 12.1 Å². The van der Waals surface area contributed by atoms with Gasteiger partial charge >= 0.3 is 0 Å². The molecule has 0 bridgehead atoms. The third-order valence-corrected chi connectivity index (χ3v) is 3.32. The van der Waals surface area contributed by atoms with Crippen LogP contribution in [0.15, 0.2) is 30.3 Å². The van der Waals surface area contributed by atoms with Gasteiger partial charge in [0.25, 0.3) is 0 Å². The van der Waals surface area contributed by atoms with Crippen LogP contribution in [0, 0.1) is 28.5 Å². The van der Waals surface area contributed by atoms with Crippen LogP contribution in [-0.2, 0) is 6.54 Å². The molecular weight excluding hydrogens is 249 g/mol. The fraction of sp³-hybridized carbons (Fsp3) is 0.0769. The van der Waals surface area contributed by atoms with Gasteiger partial charge in [-0.15, -0.1) is 11.3 Å². The molecule has 0 radical (unpaired) electrons. The second kappa shape index (κ2) is 5.31. The van der Waals surface area contributed by atoms with Gasteiger partial charge in [0.05, 0.1) is 5.56 Å². The molecule has 1 aromatic carbocycles. The van der Waals surface area contributed by atoms with Gasteiger partial charge in [-0.3, -0.25) is 0 Å². The first-order chi connectivity index (χ1) is 8.72. The predicted octanol–water partition coefficient (Wildman–Crippen LogP) is 3.24. The Balaban J connectivity index is 2.07. The van der Waals surface area contributed by atoms with Crippen LogP contribution in [-0.4, -0.2) is 0 Å². The van der Waals surface area contributed by atoms with E-state index in [1.807, 2.05) is 6.07 Å². The number of thiophene rings is 1. The van der Waals surface area contributed by atoms with Crippen molar-refractivity contribution in [2.75, 3.05) is 5.32 Å². The molecule has 2 aromatic rings. The number of anilines is 1. The van der Waals surface area contributed by atoms with Crippen molar-refractivity contribution in [1.82, 2.24) is 0 Å². The van der Waals surface area contributed by atoms with Crippen molar-refractivity contribution in [1.29, 1.82) is 10.5 Å². The third-order valence-electron chi connectivity index (χ3n) is 2.33. The van der Waals surface area contributed by atoms with E-state index >= 15 is 0 Å². The summed E-state index contributed by atoms with van der Waals surface area (Å²) in [6, 6.07) is 11.8. The summed E-state index contributed by atoms with van der Waals surface area (Å²) in [6.07, 6.45) is 0. The third kappa shape index (κ3) is 2.65. The van der Waals surface area contributed by atoms with Crippen LogP contribution in [0.5, 0.6) is 0 Å². The highest BCUT2D eigenvalue weighted by molar-refractivity contribution is 7.12. The van der Waals surface area contributed by atoms with Gasteiger partial charge in [-0.1, -0.05) is 0 Å². The molecule has 2 rings (SSSR count). The summed E-state index contributed by atoms with van der Waals surface area (Å²) in [7, 11) is 0. The maximum Gasteiger partial charge on any atom is 0.141 e. The van der Waals surface area contributed by atoms with E-state index in [1.165, 1.54) is 23.5 Å². The molecule has 88 valence electrons. The topological polar surface area (TPSA) is 59.6 Å². The smallest absolute Gasteiger partial charge is 0.141 e. The van der Waals surface area contributed by atoms with Crippen LogP contribution in [0.25, 0.3) is 0 Å². The zero-order valence-electron chi connectivity index (χ0n) is 9.27. The molecule has 1 heterocycles. The summed E-state index contributed by atoms with van der Waals surface area (Å²) < 4.78 is 13.1. The Hall–Kier alpha value is -2.37. The fourth-order valence-electron chi connectivity index (χ4n) is 1.44. The predicted molar refractivity (Wildman–Crippen MR) is 67.5 cm³/mol. The maximum atomic E-state index is 13.1. The normalized spacial score (nSPS) is 9.50. The minimum absolute atomic E-state index is 0.0175. The molecule has 0 aliphatic heterocycles. The molecule has 0 saturated heterocycles. The SMILES string of the molecule is N#Cc1ccc(CNc2ccc(F)c(C#N)c2)s1. The zero-order valence-corrected chi connectivity index (χ0v) is 10.1. The van der Waals surface area contributed by atoms with Gasteiger partial charge < -0.3 is 5.32 Å². The molecule has 3 nitrogen and oxygen atoms in total. The largest absolute Gasteiger partial charge is 0.380 e. The number of hydrogen-bond acceptors (Lipinski definition) is 4. The molecule has 0 atom stereocenters. The number of nitrogens with zero attached hydrogens (tertiary/aromatic N) is 2. The Bertz CT molecular complexity index is 649. The van der Waals surface area contributed by atoms with Gasteiger partial charge in [-0.2, -0.15) is 10.5 Å². The molecule has 0 aliphatic rings. The van der Waals surface area contributed by atoms with Gasteiger partial charge in [0.1, 0.15) is 22.8 Å². The minimum Gasteiger partial charge on any atom is -0.380 e. The van der Waals surface area contributed by atoms with Gasteiger partial charge in [0, 0.05) is 17.1 Å². The second-order valence-corrected chi connectivity index (χ2v) is 4.71. The number of hydrogen-bond donors (Lipinski definition) is 1. The molecule has 0 amide bonds. The zero-order chi connectivity index (χ0) is 13.0. The van der Waals surface area contributed by atoms with Crippen LogP contribution in [0.4, 0.5) is 10.1 Å². The van der Waals surface area contributed by atoms with Crippen LogP contribution in [0.1, 0.15) is 15.3 Å². The van der Waals surface area contributed by atoms with Crippen molar-refractivity contribution in [3.05, 3.63) is 51.5 Å². The Labute approximate surface area is 108 Å². The Morgan fingerprint density at radius 3 is 2.67 bits per heavy atom. The van der Waals surface area contributed by atoms with E-state index in [-0.39, 0.29) is 5.56 Å². The average molecular weight is 257 g/mol. The van der Waals surface area contributed by atoms with E-state index in [0.717, 1.165) is 4.88 Å². The van der Waals surface area contributed by atoms with E-state index < -0.39 is 5.82 Å². The van der Waals surface area contributed by atoms with Crippen LogP contribution in [0.2, 0.25) is 0 Å². The van der Waals surface area contributed by atoms with Gasteiger partial charge in [-0.25, -0.2) is 4.39 Å². The molecule has 18 heavy (non-hydrogen) atoms. The van der Waals surface area contributed by atoms with Crippen LogP contribution >= 0.6 is 11.3 Å². The fourth-order valence-corrected chi connectivity index (χ4v) is 2.19. The second-order valence-electron chi connectivity index (χ2n) is 3.54. The minimum atomic E-state index is -0.522. The highest BCUT2D eigenvalue weighted by Gasteiger charge is 2.03. The van der Waals surface area contributed by atoms with Gasteiger partial charge in [0.2, 0.25) is 0 Å². The molecule has 5 heteroatoms. The van der Waals surface area contributed by atoms with E-state index in [1.54, 1.807) is 18.2 Å². The summed E-state index contributed by atoms with van der Waals surface area (Å²) in [5.74, 6) is -0.522. The summed E-state index contributed by atoms with van der Waals surface area (Å²) >= 11 is 1.40. The van der Waals surface area contributed by atoms with Crippen molar-refractivity contribution >= 4 is 17.0 Å². The summed E-state index contributed by atoms with van der Waals surface area (Å²) in [5, 5.41) is 20.5. The van der Waals surface area contributed by atoms with E-state index in [4.69, 9.17) is 10.5 Å². The molecular formula is C13H8FN3S. The molecule has 0 saturated carbocycles. The van der Waals surface area contributed by atoms with Gasteiger partial charge in [0.15, 0.2) is 0 Å². The highest BCUT2D eigenvalue weighted by Crippen LogP contribution is 2.18. The van der Waals surface area contributed by atoms with Crippen molar-refractivity contribution in [2.24, 2.45) is 0 Å². The lowest BCUT2D eigenvalue weighted by Crippen LogP contribution is -1.98. The van der Waals surface area contributed by atoms with Crippen molar-refractivity contribution in [2.45, 2.75) is 6.54 Å². The van der Waals surface area contributed by atoms with E-state index in [2.05, 4.69) is 11.4 Å². The lowest BCUT2D eigenvalue weighted by atomic mass is 10.2. The standard InChI is InChI=1S/C13H8FN3S/c14-13-4-1-10(5-9(13)6-15)17-8-12-3-2-11(7-16)18-12/h1-5,17H,8H2. The average Bonchev–Trinajstić information content (AvgIpc) is 2.86. The van der Waals surface area contributed by atoms with Crippen LogP contribution in [0.3, 0.4) is 0 Å². The molecule has 0 spiro atoms. The first kappa shape index (κ1) is 12.1. The summed E-state index contributed by atoms with van der Waals surface area (Å²) in [4.78, 5) is 1.66. The highest BCUT2D eigenvalue weighted by atomic mass is 32.1.